The first-order valence-corrected chi connectivity index (χ1v) is 3.95. The van der Waals surface area contributed by atoms with Gasteiger partial charge in [-0.2, -0.15) is 0 Å². The van der Waals surface area contributed by atoms with Gasteiger partial charge in [-0.1, -0.05) is 12.1 Å². The number of rotatable bonds is 2. The van der Waals surface area contributed by atoms with E-state index in [1.165, 1.54) is 31.4 Å². The van der Waals surface area contributed by atoms with E-state index in [2.05, 4.69) is 4.74 Å². The van der Waals surface area contributed by atoms with Gasteiger partial charge in [-0.3, -0.25) is 0 Å². The fourth-order valence-corrected chi connectivity index (χ4v) is 0.925. The van der Waals surface area contributed by atoms with Gasteiger partial charge in [0, 0.05) is 11.6 Å². The highest BCUT2D eigenvalue weighted by molar-refractivity contribution is 5.88. The number of carbonyl (C=O) groups is 1. The van der Waals surface area contributed by atoms with Crippen molar-refractivity contribution < 1.29 is 13.9 Å². The molecule has 0 heterocycles. The van der Waals surface area contributed by atoms with Crippen molar-refractivity contribution >= 4 is 17.7 Å². The summed E-state index contributed by atoms with van der Waals surface area (Å²) in [6.45, 7) is 0. The summed E-state index contributed by atoms with van der Waals surface area (Å²) in [7, 11) is 1.27. The minimum absolute atomic E-state index is 0.0210. The molecule has 0 atom stereocenters. The maximum atomic E-state index is 12.9. The molecule has 2 N–H and O–H groups in total. The first-order chi connectivity index (χ1) is 6.65. The summed E-state index contributed by atoms with van der Waals surface area (Å²) in [6, 6.07) is 4.38. The fourth-order valence-electron chi connectivity index (χ4n) is 0.925. The van der Waals surface area contributed by atoms with Crippen molar-refractivity contribution in [3.05, 3.63) is 35.7 Å². The molecule has 0 aliphatic rings. The van der Waals surface area contributed by atoms with Gasteiger partial charge in [-0.15, -0.1) is 0 Å². The molecular weight excluding hydrogens is 185 g/mol. The van der Waals surface area contributed by atoms with Crippen LogP contribution in [-0.4, -0.2) is 13.1 Å². The maximum Gasteiger partial charge on any atom is 0.330 e. The lowest BCUT2D eigenvalue weighted by molar-refractivity contribution is -0.134. The third kappa shape index (κ3) is 2.32. The van der Waals surface area contributed by atoms with Gasteiger partial charge in [-0.05, 0) is 12.1 Å². The number of para-hydroxylation sites is 1. The Morgan fingerprint density at radius 1 is 1.57 bits per heavy atom. The molecule has 0 bridgehead atoms. The smallest absolute Gasteiger partial charge is 0.330 e. The Hall–Kier alpha value is -1.84. The van der Waals surface area contributed by atoms with Crippen LogP contribution in [0.4, 0.5) is 10.1 Å². The van der Waals surface area contributed by atoms with E-state index in [1.807, 2.05) is 0 Å². The van der Waals surface area contributed by atoms with Gasteiger partial charge in [0.05, 0.1) is 12.8 Å². The molecule has 0 aromatic heterocycles. The number of anilines is 1. The summed E-state index contributed by atoms with van der Waals surface area (Å²) >= 11 is 0. The number of halogens is 1. The van der Waals surface area contributed by atoms with Gasteiger partial charge in [-0.25, -0.2) is 9.18 Å². The van der Waals surface area contributed by atoms with Crippen molar-refractivity contribution in [3.63, 3.8) is 0 Å². The first-order valence-electron chi connectivity index (χ1n) is 3.95. The van der Waals surface area contributed by atoms with E-state index in [1.54, 1.807) is 6.07 Å². The second kappa shape index (κ2) is 4.41. The third-order valence-corrected chi connectivity index (χ3v) is 1.69. The van der Waals surface area contributed by atoms with Gasteiger partial charge in [0.25, 0.3) is 0 Å². The molecule has 1 aromatic carbocycles. The van der Waals surface area contributed by atoms with Crippen LogP contribution in [0.5, 0.6) is 0 Å². The van der Waals surface area contributed by atoms with Crippen LogP contribution in [0, 0.1) is 5.82 Å². The minimum atomic E-state index is -0.506. The lowest BCUT2D eigenvalue weighted by Crippen LogP contribution is -1.96. The molecule has 0 saturated carbocycles. The van der Waals surface area contributed by atoms with Crippen molar-refractivity contribution in [2.45, 2.75) is 0 Å². The summed E-state index contributed by atoms with van der Waals surface area (Å²) in [5.74, 6) is -1.01. The fraction of sp³-hybridized carbons (Fsp3) is 0.100. The van der Waals surface area contributed by atoms with Crippen LogP contribution in [0.2, 0.25) is 0 Å². The lowest BCUT2D eigenvalue weighted by Gasteiger charge is -2.00. The average Bonchev–Trinajstić information content (AvgIpc) is 2.20. The van der Waals surface area contributed by atoms with Crippen LogP contribution < -0.4 is 5.73 Å². The van der Waals surface area contributed by atoms with E-state index in [0.29, 0.717) is 5.56 Å². The van der Waals surface area contributed by atoms with Gasteiger partial charge >= 0.3 is 5.97 Å². The Labute approximate surface area is 81.0 Å². The van der Waals surface area contributed by atoms with Crippen molar-refractivity contribution in [1.29, 1.82) is 0 Å². The zero-order valence-electron chi connectivity index (χ0n) is 7.66. The summed E-state index contributed by atoms with van der Waals surface area (Å²) in [5, 5.41) is 0. The number of methoxy groups -OCH3 is 1. The van der Waals surface area contributed by atoms with E-state index in [0.717, 1.165) is 0 Å². The Kier molecular flexibility index (Phi) is 3.23. The highest BCUT2D eigenvalue weighted by atomic mass is 19.1. The van der Waals surface area contributed by atoms with Crippen molar-refractivity contribution in [1.82, 2.24) is 0 Å². The number of carbonyl (C=O) groups excluding carboxylic acids is 1. The molecule has 1 aromatic rings. The Morgan fingerprint density at radius 3 is 2.93 bits per heavy atom. The standard InChI is InChI=1S/C10H10FNO2/c1-14-9(13)6-5-7-3-2-4-8(11)10(7)12/h2-6H,12H2,1H3/b6-5+. The molecule has 0 aliphatic carbocycles. The largest absolute Gasteiger partial charge is 0.466 e. The van der Waals surface area contributed by atoms with E-state index >= 15 is 0 Å². The molecule has 0 spiro atoms. The number of hydrogen-bond donors (Lipinski definition) is 1. The van der Waals surface area contributed by atoms with Crippen LogP contribution in [0.25, 0.3) is 6.08 Å². The summed E-state index contributed by atoms with van der Waals surface area (Å²) < 4.78 is 17.3. The van der Waals surface area contributed by atoms with Crippen LogP contribution >= 0.6 is 0 Å². The normalized spacial score (nSPS) is 10.4. The molecule has 0 unspecified atom stereocenters. The number of nitrogen functional groups attached to an aromatic ring is 1. The average molecular weight is 195 g/mol. The summed E-state index contributed by atoms with van der Waals surface area (Å²) in [6.07, 6.45) is 2.59. The molecule has 3 nitrogen and oxygen atoms in total. The zero-order valence-corrected chi connectivity index (χ0v) is 7.66. The Morgan fingerprint density at radius 2 is 2.29 bits per heavy atom. The highest BCUT2D eigenvalue weighted by Gasteiger charge is 2.01. The van der Waals surface area contributed by atoms with Crippen LogP contribution in [0.15, 0.2) is 24.3 Å². The second-order valence-electron chi connectivity index (χ2n) is 2.60. The van der Waals surface area contributed by atoms with Gasteiger partial charge < -0.3 is 10.5 Å². The minimum Gasteiger partial charge on any atom is -0.466 e. The van der Waals surface area contributed by atoms with Crippen LogP contribution in [0.3, 0.4) is 0 Å². The number of esters is 1. The van der Waals surface area contributed by atoms with Crippen LogP contribution in [0.1, 0.15) is 5.56 Å². The van der Waals surface area contributed by atoms with E-state index in [4.69, 9.17) is 5.73 Å². The van der Waals surface area contributed by atoms with Crippen molar-refractivity contribution in [2.24, 2.45) is 0 Å². The molecule has 0 amide bonds. The summed E-state index contributed by atoms with van der Waals surface area (Å²) in [5.41, 5.74) is 5.91. The van der Waals surface area contributed by atoms with Crippen molar-refractivity contribution in [2.75, 3.05) is 12.8 Å². The first kappa shape index (κ1) is 10.2. The zero-order chi connectivity index (χ0) is 10.6. The molecule has 4 heteroatoms. The number of nitrogens with two attached hydrogens (primary N) is 1. The quantitative estimate of drug-likeness (QED) is 0.443. The van der Waals surface area contributed by atoms with Crippen LogP contribution in [-0.2, 0) is 9.53 Å². The molecular formula is C10H10FNO2. The highest BCUT2D eigenvalue weighted by Crippen LogP contribution is 2.16. The number of benzene rings is 1. The summed E-state index contributed by atoms with van der Waals surface area (Å²) in [4.78, 5) is 10.7. The topological polar surface area (TPSA) is 52.3 Å². The SMILES string of the molecule is COC(=O)/C=C/c1cccc(F)c1N. The predicted molar refractivity (Wildman–Crippen MR) is 51.9 cm³/mol. The molecule has 74 valence electrons. The Balaban J connectivity index is 2.92. The van der Waals surface area contributed by atoms with Gasteiger partial charge in [0.15, 0.2) is 0 Å². The van der Waals surface area contributed by atoms with E-state index in [9.17, 15) is 9.18 Å². The molecule has 1 rings (SSSR count). The third-order valence-electron chi connectivity index (χ3n) is 1.69. The molecule has 0 radical (unpaired) electrons. The van der Waals surface area contributed by atoms with Gasteiger partial charge in [0.1, 0.15) is 5.82 Å². The van der Waals surface area contributed by atoms with E-state index < -0.39 is 11.8 Å². The van der Waals surface area contributed by atoms with Crippen molar-refractivity contribution in [3.8, 4) is 0 Å². The molecule has 0 fully saturated rings. The molecule has 0 aliphatic heterocycles. The van der Waals surface area contributed by atoms with E-state index in [-0.39, 0.29) is 5.69 Å². The Bertz CT molecular complexity index is 374. The molecule has 14 heavy (non-hydrogen) atoms. The second-order valence-corrected chi connectivity index (χ2v) is 2.60. The lowest BCUT2D eigenvalue weighted by atomic mass is 10.1. The monoisotopic (exact) mass is 195 g/mol. The molecule has 0 saturated heterocycles. The maximum absolute atomic E-state index is 12.9. The van der Waals surface area contributed by atoms with Gasteiger partial charge in [0.2, 0.25) is 0 Å². The number of ether oxygens (including phenoxy) is 1. The predicted octanol–water partition coefficient (Wildman–Crippen LogP) is 1.59. The number of hydrogen-bond acceptors (Lipinski definition) is 3.